The van der Waals surface area contributed by atoms with Crippen molar-refractivity contribution in [1.29, 1.82) is 0 Å². The molecular weight excluding hydrogens is 236 g/mol. The molecule has 0 radical (unpaired) electrons. The van der Waals surface area contributed by atoms with Gasteiger partial charge in [-0.3, -0.25) is 0 Å². The van der Waals surface area contributed by atoms with Crippen molar-refractivity contribution in [2.75, 3.05) is 12.8 Å². The van der Waals surface area contributed by atoms with Gasteiger partial charge >= 0.3 is 0 Å². The molecule has 0 aromatic rings. The van der Waals surface area contributed by atoms with Crippen LogP contribution in [0.2, 0.25) is 0 Å². The molecule has 0 aliphatic heterocycles. The molecule has 0 bridgehead atoms. The Morgan fingerprint density at radius 2 is 1.82 bits per heavy atom. The minimum atomic E-state index is -3.14. The van der Waals surface area contributed by atoms with Gasteiger partial charge in [0.05, 0.1) is 6.26 Å². The molecule has 2 atom stereocenters. The van der Waals surface area contributed by atoms with Crippen LogP contribution in [0.4, 0.5) is 0 Å². The molecule has 0 aromatic carbocycles. The Balaban J connectivity index is 2.43. The van der Waals surface area contributed by atoms with E-state index < -0.39 is 15.6 Å². The molecule has 0 amide bonds. The van der Waals surface area contributed by atoms with E-state index >= 15 is 0 Å². The topological polar surface area (TPSA) is 58.2 Å². The van der Waals surface area contributed by atoms with Crippen LogP contribution in [-0.2, 0) is 10.0 Å². The second kappa shape index (κ2) is 5.67. The second-order valence-corrected chi connectivity index (χ2v) is 7.76. The number of sulfonamides is 1. The van der Waals surface area contributed by atoms with Gasteiger partial charge in [0.25, 0.3) is 0 Å². The minimum Gasteiger partial charge on any atom is -0.312 e. The molecule has 0 heterocycles. The Morgan fingerprint density at radius 1 is 1.24 bits per heavy atom. The number of rotatable bonds is 5. The first-order valence-corrected chi connectivity index (χ1v) is 8.31. The lowest BCUT2D eigenvalue weighted by Crippen LogP contribution is -2.53. The molecule has 17 heavy (non-hydrogen) atoms. The summed E-state index contributed by atoms with van der Waals surface area (Å²) in [4.78, 5) is 0. The third kappa shape index (κ3) is 5.84. The van der Waals surface area contributed by atoms with Crippen molar-refractivity contribution in [3.8, 4) is 0 Å². The standard InChI is InChI=1S/C12H26N2O2S/c1-10-7-5-6-8-11(10)13-9-12(2,3)14-17(4,15)16/h10-11,13-14H,5-9H2,1-4H3. The van der Waals surface area contributed by atoms with Crippen molar-refractivity contribution in [2.45, 2.75) is 58.0 Å². The van der Waals surface area contributed by atoms with Crippen LogP contribution in [-0.4, -0.2) is 32.8 Å². The quantitative estimate of drug-likeness (QED) is 0.789. The van der Waals surface area contributed by atoms with E-state index in [4.69, 9.17) is 0 Å². The molecule has 0 spiro atoms. The van der Waals surface area contributed by atoms with Crippen LogP contribution in [0.25, 0.3) is 0 Å². The average molecular weight is 262 g/mol. The number of hydrogen-bond acceptors (Lipinski definition) is 3. The largest absolute Gasteiger partial charge is 0.312 e. The zero-order chi connectivity index (χ0) is 13.1. The molecule has 2 unspecified atom stereocenters. The summed E-state index contributed by atoms with van der Waals surface area (Å²) in [5, 5.41) is 3.51. The molecule has 1 fully saturated rings. The van der Waals surface area contributed by atoms with Crippen molar-refractivity contribution in [2.24, 2.45) is 5.92 Å². The fourth-order valence-electron chi connectivity index (χ4n) is 2.54. The zero-order valence-electron chi connectivity index (χ0n) is 11.4. The lowest BCUT2D eigenvalue weighted by molar-refractivity contribution is 0.261. The number of nitrogens with one attached hydrogen (secondary N) is 2. The summed E-state index contributed by atoms with van der Waals surface area (Å²) in [5.74, 6) is 0.692. The molecule has 1 saturated carbocycles. The van der Waals surface area contributed by atoms with E-state index in [0.29, 0.717) is 18.5 Å². The SMILES string of the molecule is CC1CCCCC1NCC(C)(C)NS(C)(=O)=O. The molecule has 4 nitrogen and oxygen atoms in total. The first kappa shape index (κ1) is 14.9. The van der Waals surface area contributed by atoms with Crippen molar-refractivity contribution in [3.63, 3.8) is 0 Å². The fraction of sp³-hybridized carbons (Fsp3) is 1.00. The molecule has 5 heteroatoms. The van der Waals surface area contributed by atoms with Crippen molar-refractivity contribution < 1.29 is 8.42 Å². The third-order valence-corrected chi connectivity index (χ3v) is 4.30. The van der Waals surface area contributed by atoms with Crippen molar-refractivity contribution >= 4 is 10.0 Å². The summed E-state index contributed by atoms with van der Waals surface area (Å²) in [5.41, 5.74) is -0.426. The van der Waals surface area contributed by atoms with E-state index in [1.54, 1.807) is 0 Å². The second-order valence-electron chi connectivity index (χ2n) is 6.01. The normalized spacial score (nSPS) is 27.1. The van der Waals surface area contributed by atoms with E-state index in [1.807, 2.05) is 13.8 Å². The van der Waals surface area contributed by atoms with Gasteiger partial charge in [-0.15, -0.1) is 0 Å². The monoisotopic (exact) mass is 262 g/mol. The van der Waals surface area contributed by atoms with Gasteiger partial charge in [-0.05, 0) is 32.6 Å². The van der Waals surface area contributed by atoms with E-state index in [9.17, 15) is 8.42 Å². The molecule has 0 saturated heterocycles. The van der Waals surface area contributed by atoms with Gasteiger partial charge in [-0.2, -0.15) is 0 Å². The van der Waals surface area contributed by atoms with Crippen LogP contribution < -0.4 is 10.0 Å². The van der Waals surface area contributed by atoms with Gasteiger partial charge in [0.2, 0.25) is 10.0 Å². The van der Waals surface area contributed by atoms with Gasteiger partial charge < -0.3 is 5.32 Å². The van der Waals surface area contributed by atoms with E-state index in [0.717, 1.165) is 0 Å². The van der Waals surface area contributed by atoms with Crippen molar-refractivity contribution in [1.82, 2.24) is 10.0 Å². The highest BCUT2D eigenvalue weighted by Crippen LogP contribution is 2.23. The summed E-state index contributed by atoms with van der Waals surface area (Å²) in [6.45, 7) is 6.77. The Labute approximate surface area is 106 Å². The maximum atomic E-state index is 11.2. The van der Waals surface area contributed by atoms with Gasteiger partial charge in [-0.25, -0.2) is 13.1 Å². The maximum absolute atomic E-state index is 11.2. The summed E-state index contributed by atoms with van der Waals surface area (Å²) >= 11 is 0. The predicted molar refractivity (Wildman–Crippen MR) is 71.5 cm³/mol. The predicted octanol–water partition coefficient (Wildman–Crippen LogP) is 1.48. The summed E-state index contributed by atoms with van der Waals surface area (Å²) in [6.07, 6.45) is 6.29. The summed E-state index contributed by atoms with van der Waals surface area (Å²) in [6, 6.07) is 0.532. The highest BCUT2D eigenvalue weighted by atomic mass is 32.2. The first-order valence-electron chi connectivity index (χ1n) is 6.42. The molecule has 1 aliphatic rings. The fourth-order valence-corrected chi connectivity index (χ4v) is 3.62. The molecule has 102 valence electrons. The Bertz CT molecular complexity index is 338. The maximum Gasteiger partial charge on any atom is 0.209 e. The third-order valence-electron chi connectivity index (χ3n) is 3.38. The first-order chi connectivity index (χ1) is 7.70. The van der Waals surface area contributed by atoms with Gasteiger partial charge in [0, 0.05) is 18.1 Å². The molecule has 1 rings (SSSR count). The van der Waals surface area contributed by atoms with Gasteiger partial charge in [0.15, 0.2) is 0 Å². The van der Waals surface area contributed by atoms with Crippen LogP contribution in [0.5, 0.6) is 0 Å². The molecule has 1 aliphatic carbocycles. The van der Waals surface area contributed by atoms with Crippen LogP contribution in [0.1, 0.15) is 46.5 Å². The summed E-state index contributed by atoms with van der Waals surface area (Å²) < 4.78 is 25.1. The zero-order valence-corrected chi connectivity index (χ0v) is 12.2. The average Bonchev–Trinajstić information content (AvgIpc) is 2.13. The Hall–Kier alpha value is -0.130. The van der Waals surface area contributed by atoms with Gasteiger partial charge in [-0.1, -0.05) is 19.8 Å². The Kier molecular flexibility index (Phi) is 4.98. The lowest BCUT2D eigenvalue weighted by Gasteiger charge is -2.33. The highest BCUT2D eigenvalue weighted by molar-refractivity contribution is 7.88. The minimum absolute atomic E-state index is 0.426. The van der Waals surface area contributed by atoms with Gasteiger partial charge in [0.1, 0.15) is 0 Å². The van der Waals surface area contributed by atoms with Crippen molar-refractivity contribution in [3.05, 3.63) is 0 Å². The molecule has 2 N–H and O–H groups in total. The summed E-state index contributed by atoms with van der Waals surface area (Å²) in [7, 11) is -3.14. The smallest absolute Gasteiger partial charge is 0.209 e. The molecule has 0 aromatic heterocycles. The highest BCUT2D eigenvalue weighted by Gasteiger charge is 2.26. The van der Waals surface area contributed by atoms with E-state index in [-0.39, 0.29) is 0 Å². The van der Waals surface area contributed by atoms with Crippen LogP contribution in [0.15, 0.2) is 0 Å². The Morgan fingerprint density at radius 3 is 2.35 bits per heavy atom. The lowest BCUT2D eigenvalue weighted by atomic mass is 9.85. The van der Waals surface area contributed by atoms with E-state index in [1.165, 1.54) is 31.9 Å². The van der Waals surface area contributed by atoms with E-state index in [2.05, 4.69) is 17.0 Å². The molecular formula is C12H26N2O2S. The van der Waals surface area contributed by atoms with Crippen LogP contribution in [0, 0.1) is 5.92 Å². The van der Waals surface area contributed by atoms with Crippen LogP contribution in [0.3, 0.4) is 0 Å². The number of hydrogen-bond donors (Lipinski definition) is 2. The van der Waals surface area contributed by atoms with Crippen LogP contribution >= 0.6 is 0 Å².